The molecule has 3 aromatic carbocycles. The number of fused-ring (bicyclic) bond motifs is 1. The third-order valence-electron chi connectivity index (χ3n) is 9.34. The fourth-order valence-corrected chi connectivity index (χ4v) is 7.23. The highest BCUT2D eigenvalue weighted by Gasteiger charge is 2.41. The van der Waals surface area contributed by atoms with Gasteiger partial charge in [0.1, 0.15) is 24.0 Å². The third kappa shape index (κ3) is 6.83. The van der Waals surface area contributed by atoms with Crippen molar-refractivity contribution in [3.8, 4) is 5.75 Å². The molecule has 3 aliphatic rings. The molecule has 3 heterocycles. The smallest absolute Gasteiger partial charge is 0.401 e. The normalized spacial score (nSPS) is 21.0. The van der Waals surface area contributed by atoms with Crippen LogP contribution in [0, 0.1) is 17.0 Å². The second-order valence-corrected chi connectivity index (χ2v) is 12.3. The van der Waals surface area contributed by atoms with E-state index < -0.39 is 30.4 Å². The number of nitrogens with one attached hydrogen (secondary N) is 1. The Morgan fingerprint density at radius 1 is 0.884 bits per heavy atom. The van der Waals surface area contributed by atoms with Crippen LogP contribution in [0.15, 0.2) is 60.7 Å². The van der Waals surface area contributed by atoms with Gasteiger partial charge in [-0.15, -0.1) is 0 Å². The molecule has 0 amide bonds. The predicted molar refractivity (Wildman–Crippen MR) is 157 cm³/mol. The highest BCUT2D eigenvalue weighted by atomic mass is 19.4. The van der Waals surface area contributed by atoms with Crippen LogP contribution in [0.25, 0.3) is 0 Å². The van der Waals surface area contributed by atoms with Crippen LogP contribution in [0.4, 0.5) is 27.6 Å². The molecule has 0 saturated carbocycles. The number of hydrogen-bond donors (Lipinski definition) is 1. The van der Waals surface area contributed by atoms with Gasteiger partial charge in [0.25, 0.3) is 0 Å². The lowest BCUT2D eigenvalue weighted by Gasteiger charge is -2.38. The molecule has 1 unspecified atom stereocenters. The van der Waals surface area contributed by atoms with Crippen LogP contribution in [0.1, 0.15) is 60.4 Å². The van der Waals surface area contributed by atoms with Gasteiger partial charge >= 0.3 is 6.18 Å². The number of ether oxygens (including phenoxy) is 1. The highest BCUT2D eigenvalue weighted by Crippen LogP contribution is 2.44. The van der Waals surface area contributed by atoms with E-state index in [9.17, 15) is 13.2 Å². The number of hydrogen-bond acceptors (Lipinski definition) is 4. The van der Waals surface area contributed by atoms with Crippen LogP contribution in [-0.2, 0) is 13.0 Å². The highest BCUT2D eigenvalue weighted by molar-refractivity contribution is 5.53. The average molecular weight is 600 g/mol. The Bertz CT molecular complexity index is 1380. The minimum Gasteiger partial charge on any atom is -0.489 e. The summed E-state index contributed by atoms with van der Waals surface area (Å²) in [5, 5.41) is 3.44. The quantitative estimate of drug-likeness (QED) is 0.299. The summed E-state index contributed by atoms with van der Waals surface area (Å²) in [5.41, 5.74) is 2.44. The first-order valence-corrected chi connectivity index (χ1v) is 15.2. The molecule has 0 radical (unpaired) electrons. The van der Waals surface area contributed by atoms with Crippen molar-refractivity contribution in [2.24, 2.45) is 5.41 Å². The summed E-state index contributed by atoms with van der Waals surface area (Å²) >= 11 is 0. The molecule has 1 spiro atoms. The zero-order chi connectivity index (χ0) is 30.0. The lowest BCUT2D eigenvalue weighted by molar-refractivity contribution is -0.150. The average Bonchev–Trinajstić information content (AvgIpc) is 3.39. The molecule has 2 fully saturated rings. The van der Waals surface area contributed by atoms with Gasteiger partial charge in [0, 0.05) is 30.9 Å². The molecule has 1 N–H and O–H groups in total. The fourth-order valence-electron chi connectivity index (χ4n) is 7.23. The minimum absolute atomic E-state index is 0.0173. The molecule has 0 aromatic heterocycles. The Labute approximate surface area is 249 Å². The van der Waals surface area contributed by atoms with Gasteiger partial charge in [0.2, 0.25) is 0 Å². The van der Waals surface area contributed by atoms with E-state index in [1.54, 1.807) is 18.2 Å². The molecule has 9 heteroatoms. The molecule has 43 heavy (non-hydrogen) atoms. The lowest BCUT2D eigenvalue weighted by Crippen LogP contribution is -2.42. The van der Waals surface area contributed by atoms with E-state index in [0.29, 0.717) is 36.6 Å². The zero-order valence-electron chi connectivity index (χ0n) is 24.2. The number of nitrogens with zero attached hydrogens (tertiary/aromatic N) is 2. The number of anilines is 1. The third-order valence-corrected chi connectivity index (χ3v) is 9.34. The SMILES string of the molecule is Fc1cc(N2CCC3(CCCNCCC3)C2)cc(F)c1C1c2ccc(OCc3ccccc3)cc2CCN1CC(F)(F)F. The molecule has 2 saturated heterocycles. The standard InChI is InChI=1S/C34H38F5N3O/c35-29-19-26(41-17-13-33(22-41)11-4-14-40-15-5-12-33)20-30(36)31(29)32-28-9-8-27(43-21-24-6-2-1-3-7-24)18-25(28)10-16-42(32)23-34(37,38)39/h1-3,6-9,18-20,32,40H,4-5,10-17,21-23H2. The number of benzene rings is 3. The van der Waals surface area contributed by atoms with Gasteiger partial charge in [0.05, 0.1) is 12.6 Å². The van der Waals surface area contributed by atoms with Crippen LogP contribution in [-0.4, -0.2) is 50.3 Å². The summed E-state index contributed by atoms with van der Waals surface area (Å²) in [6, 6.07) is 16.2. The van der Waals surface area contributed by atoms with E-state index in [-0.39, 0.29) is 17.5 Å². The van der Waals surface area contributed by atoms with Crippen LogP contribution >= 0.6 is 0 Å². The van der Waals surface area contributed by atoms with E-state index >= 15 is 8.78 Å². The van der Waals surface area contributed by atoms with Crippen molar-refractivity contribution in [1.29, 1.82) is 0 Å². The lowest BCUT2D eigenvalue weighted by atomic mass is 9.77. The van der Waals surface area contributed by atoms with Crippen LogP contribution in [0.2, 0.25) is 0 Å². The largest absolute Gasteiger partial charge is 0.489 e. The Hall–Kier alpha value is -3.17. The topological polar surface area (TPSA) is 27.7 Å². The van der Waals surface area contributed by atoms with Crippen molar-refractivity contribution in [3.63, 3.8) is 0 Å². The maximum Gasteiger partial charge on any atom is 0.401 e. The van der Waals surface area contributed by atoms with Gasteiger partial charge in [-0.2, -0.15) is 13.2 Å². The molecule has 1 atom stereocenters. The van der Waals surface area contributed by atoms with Crippen LogP contribution in [0.5, 0.6) is 5.75 Å². The zero-order valence-corrected chi connectivity index (χ0v) is 24.2. The second kappa shape index (κ2) is 12.4. The maximum absolute atomic E-state index is 16.0. The summed E-state index contributed by atoms with van der Waals surface area (Å²) in [6.45, 7) is 2.52. The first-order chi connectivity index (χ1) is 20.7. The van der Waals surface area contributed by atoms with Crippen molar-refractivity contribution in [1.82, 2.24) is 10.2 Å². The Morgan fingerprint density at radius 3 is 2.30 bits per heavy atom. The van der Waals surface area contributed by atoms with Gasteiger partial charge < -0.3 is 15.0 Å². The number of alkyl halides is 3. The van der Waals surface area contributed by atoms with Gasteiger partial charge in [-0.05, 0) is 98.0 Å². The summed E-state index contributed by atoms with van der Waals surface area (Å²) in [4.78, 5) is 3.19. The van der Waals surface area contributed by atoms with E-state index in [2.05, 4.69) is 5.32 Å². The van der Waals surface area contributed by atoms with Crippen LogP contribution < -0.4 is 15.0 Å². The second-order valence-electron chi connectivity index (χ2n) is 12.3. The van der Waals surface area contributed by atoms with Crippen molar-refractivity contribution in [2.45, 2.75) is 57.3 Å². The Kier molecular flexibility index (Phi) is 8.65. The summed E-state index contributed by atoms with van der Waals surface area (Å²) in [7, 11) is 0. The molecular formula is C34H38F5N3O. The minimum atomic E-state index is -4.52. The summed E-state index contributed by atoms with van der Waals surface area (Å²) < 4.78 is 78.9. The fraction of sp³-hybridized carbons (Fsp3) is 0.471. The predicted octanol–water partition coefficient (Wildman–Crippen LogP) is 7.41. The molecule has 0 aliphatic carbocycles. The molecule has 4 nitrogen and oxygen atoms in total. The summed E-state index contributed by atoms with van der Waals surface area (Å²) in [6.07, 6.45) is 1.07. The number of halogens is 5. The van der Waals surface area contributed by atoms with E-state index in [1.165, 1.54) is 12.1 Å². The molecule has 0 bridgehead atoms. The molecule has 230 valence electrons. The monoisotopic (exact) mass is 599 g/mol. The molecule has 6 rings (SSSR count). The molecular weight excluding hydrogens is 561 g/mol. The van der Waals surface area contributed by atoms with E-state index in [0.717, 1.165) is 67.8 Å². The van der Waals surface area contributed by atoms with Crippen molar-refractivity contribution in [2.75, 3.05) is 44.2 Å². The summed E-state index contributed by atoms with van der Waals surface area (Å²) in [5.74, 6) is -1.06. The van der Waals surface area contributed by atoms with Gasteiger partial charge in [0.15, 0.2) is 0 Å². The molecule has 3 aliphatic heterocycles. The van der Waals surface area contributed by atoms with Gasteiger partial charge in [-0.3, -0.25) is 4.90 Å². The Morgan fingerprint density at radius 2 is 1.60 bits per heavy atom. The van der Waals surface area contributed by atoms with E-state index in [1.807, 2.05) is 35.2 Å². The maximum atomic E-state index is 16.0. The van der Waals surface area contributed by atoms with Gasteiger partial charge in [-0.25, -0.2) is 8.78 Å². The Balaban J connectivity index is 1.28. The first kappa shape index (κ1) is 29.9. The molecule has 3 aromatic rings. The van der Waals surface area contributed by atoms with Gasteiger partial charge in [-0.1, -0.05) is 36.4 Å². The van der Waals surface area contributed by atoms with Crippen molar-refractivity contribution < 1.29 is 26.7 Å². The van der Waals surface area contributed by atoms with Crippen molar-refractivity contribution in [3.05, 3.63) is 94.6 Å². The first-order valence-electron chi connectivity index (χ1n) is 15.2. The van der Waals surface area contributed by atoms with E-state index in [4.69, 9.17) is 4.74 Å². The number of rotatable bonds is 6. The van der Waals surface area contributed by atoms with Crippen LogP contribution in [0.3, 0.4) is 0 Å². The van der Waals surface area contributed by atoms with Crippen molar-refractivity contribution >= 4 is 5.69 Å².